The van der Waals surface area contributed by atoms with Crippen molar-refractivity contribution in [2.75, 3.05) is 31.2 Å². The molecule has 3 heterocycles. The van der Waals surface area contributed by atoms with Crippen molar-refractivity contribution in [3.8, 4) is 0 Å². The Kier molecular flexibility index (Phi) is 3.06. The van der Waals surface area contributed by atoms with Gasteiger partial charge in [0.1, 0.15) is 0 Å². The lowest BCUT2D eigenvalue weighted by atomic mass is 10.0. The van der Waals surface area contributed by atoms with Crippen molar-refractivity contribution in [3.05, 3.63) is 11.3 Å². The van der Waals surface area contributed by atoms with E-state index >= 15 is 0 Å². The summed E-state index contributed by atoms with van der Waals surface area (Å²) < 4.78 is 10.7. The smallest absolute Gasteiger partial charge is 0.407 e. The standard InChI is InChI=1S/C12H17N3O4/c1-8-6-10-9(7-15(8)12(16)17)11(19-13-10)14-2-4-18-5-3-14/h8H,2-7H2,1H3,(H,16,17). The number of anilines is 1. The fourth-order valence-electron chi connectivity index (χ4n) is 2.64. The Bertz CT molecular complexity index is 481. The quantitative estimate of drug-likeness (QED) is 0.815. The number of fused-ring (bicyclic) bond motifs is 1. The van der Waals surface area contributed by atoms with Crippen molar-refractivity contribution in [3.63, 3.8) is 0 Å². The highest BCUT2D eigenvalue weighted by Gasteiger charge is 2.33. The highest BCUT2D eigenvalue weighted by atomic mass is 16.5. The topological polar surface area (TPSA) is 79.0 Å². The molecule has 1 fully saturated rings. The fourth-order valence-corrected chi connectivity index (χ4v) is 2.64. The molecule has 3 rings (SSSR count). The Morgan fingerprint density at radius 2 is 2.16 bits per heavy atom. The van der Waals surface area contributed by atoms with Crippen molar-refractivity contribution in [2.45, 2.75) is 25.9 Å². The number of carbonyl (C=O) groups is 1. The Morgan fingerprint density at radius 3 is 2.84 bits per heavy atom. The molecule has 1 N–H and O–H groups in total. The second-order valence-corrected chi connectivity index (χ2v) is 4.98. The molecule has 0 radical (unpaired) electrons. The van der Waals surface area contributed by atoms with Crippen LogP contribution in [0.4, 0.5) is 10.7 Å². The molecule has 1 amide bonds. The lowest BCUT2D eigenvalue weighted by molar-refractivity contribution is 0.117. The van der Waals surface area contributed by atoms with Crippen molar-refractivity contribution >= 4 is 12.0 Å². The molecule has 7 nitrogen and oxygen atoms in total. The predicted octanol–water partition coefficient (Wildman–Crippen LogP) is 0.936. The van der Waals surface area contributed by atoms with E-state index < -0.39 is 6.09 Å². The van der Waals surface area contributed by atoms with Crippen LogP contribution in [0.3, 0.4) is 0 Å². The van der Waals surface area contributed by atoms with Gasteiger partial charge in [-0.05, 0) is 6.92 Å². The zero-order valence-electron chi connectivity index (χ0n) is 10.8. The number of hydrogen-bond acceptors (Lipinski definition) is 5. The Labute approximate surface area is 110 Å². The van der Waals surface area contributed by atoms with Crippen LogP contribution >= 0.6 is 0 Å². The summed E-state index contributed by atoms with van der Waals surface area (Å²) in [5, 5.41) is 13.3. The van der Waals surface area contributed by atoms with Gasteiger partial charge in [0.25, 0.3) is 0 Å². The van der Waals surface area contributed by atoms with E-state index in [4.69, 9.17) is 9.26 Å². The van der Waals surface area contributed by atoms with Crippen LogP contribution < -0.4 is 4.90 Å². The third-order valence-electron chi connectivity index (χ3n) is 3.74. The summed E-state index contributed by atoms with van der Waals surface area (Å²) in [6.07, 6.45) is -0.289. The van der Waals surface area contributed by atoms with Crippen LogP contribution in [0.2, 0.25) is 0 Å². The van der Waals surface area contributed by atoms with Gasteiger partial charge in [0.05, 0.1) is 31.0 Å². The van der Waals surface area contributed by atoms with Crippen molar-refractivity contribution < 1.29 is 19.2 Å². The molecule has 2 aliphatic rings. The molecular formula is C12H17N3O4. The minimum absolute atomic E-state index is 0.0624. The molecule has 1 atom stereocenters. The third kappa shape index (κ3) is 2.14. The van der Waals surface area contributed by atoms with Crippen LogP contribution in [-0.4, -0.2) is 53.6 Å². The van der Waals surface area contributed by atoms with Gasteiger partial charge in [0, 0.05) is 25.6 Å². The first kappa shape index (κ1) is 12.3. The van der Waals surface area contributed by atoms with Crippen LogP contribution in [0.1, 0.15) is 18.2 Å². The zero-order valence-corrected chi connectivity index (χ0v) is 10.8. The summed E-state index contributed by atoms with van der Waals surface area (Å²) in [4.78, 5) is 14.7. The first-order valence-corrected chi connectivity index (χ1v) is 6.46. The molecule has 0 aromatic carbocycles. The minimum atomic E-state index is -0.896. The molecule has 0 saturated carbocycles. The molecule has 0 aliphatic carbocycles. The molecule has 19 heavy (non-hydrogen) atoms. The van der Waals surface area contributed by atoms with Gasteiger partial charge in [-0.1, -0.05) is 5.16 Å². The number of carboxylic acid groups (broad SMARTS) is 1. The summed E-state index contributed by atoms with van der Waals surface area (Å²) in [5.74, 6) is 0.705. The van der Waals surface area contributed by atoms with E-state index in [1.54, 1.807) is 0 Å². The van der Waals surface area contributed by atoms with Gasteiger partial charge in [-0.2, -0.15) is 0 Å². The average Bonchev–Trinajstić information content (AvgIpc) is 2.81. The Morgan fingerprint density at radius 1 is 1.42 bits per heavy atom. The van der Waals surface area contributed by atoms with Gasteiger partial charge in [0.2, 0.25) is 5.88 Å². The maximum Gasteiger partial charge on any atom is 0.407 e. The number of ether oxygens (including phenoxy) is 1. The van der Waals surface area contributed by atoms with Gasteiger partial charge in [-0.15, -0.1) is 0 Å². The van der Waals surface area contributed by atoms with Gasteiger partial charge >= 0.3 is 6.09 Å². The van der Waals surface area contributed by atoms with Gasteiger partial charge in [-0.3, -0.25) is 0 Å². The Hall–Kier alpha value is -1.76. The number of aromatic nitrogens is 1. The largest absolute Gasteiger partial charge is 0.465 e. The van der Waals surface area contributed by atoms with Gasteiger partial charge < -0.3 is 24.2 Å². The summed E-state index contributed by atoms with van der Waals surface area (Å²) in [5.41, 5.74) is 1.79. The normalized spacial score (nSPS) is 23.3. The lowest BCUT2D eigenvalue weighted by Crippen LogP contribution is -2.42. The molecular weight excluding hydrogens is 250 g/mol. The van der Waals surface area contributed by atoms with Gasteiger partial charge in [0.15, 0.2) is 0 Å². The van der Waals surface area contributed by atoms with E-state index in [2.05, 4.69) is 10.1 Å². The fraction of sp³-hybridized carbons (Fsp3) is 0.667. The second-order valence-electron chi connectivity index (χ2n) is 4.98. The van der Waals surface area contributed by atoms with Crippen LogP contribution in [0.15, 0.2) is 4.52 Å². The lowest BCUT2D eigenvalue weighted by Gasteiger charge is -2.32. The maximum atomic E-state index is 11.2. The van der Waals surface area contributed by atoms with Crippen molar-refractivity contribution in [2.24, 2.45) is 0 Å². The molecule has 7 heteroatoms. The third-order valence-corrected chi connectivity index (χ3v) is 3.74. The Balaban J connectivity index is 1.88. The number of nitrogens with zero attached hydrogens (tertiary/aromatic N) is 3. The van der Waals surface area contributed by atoms with E-state index in [0.29, 0.717) is 32.1 Å². The summed E-state index contributed by atoms with van der Waals surface area (Å²) in [6.45, 7) is 5.07. The first-order chi connectivity index (χ1) is 9.16. The average molecular weight is 267 g/mol. The molecule has 104 valence electrons. The SMILES string of the molecule is CC1Cc2noc(N3CCOCC3)c2CN1C(=O)O. The number of morpholine rings is 1. The van der Waals surface area contributed by atoms with Crippen LogP contribution in [0.5, 0.6) is 0 Å². The summed E-state index contributed by atoms with van der Waals surface area (Å²) in [7, 11) is 0. The first-order valence-electron chi connectivity index (χ1n) is 6.46. The maximum absolute atomic E-state index is 11.2. The van der Waals surface area contributed by atoms with E-state index in [0.717, 1.165) is 24.3 Å². The highest BCUT2D eigenvalue weighted by Crippen LogP contribution is 2.31. The molecule has 2 aliphatic heterocycles. The van der Waals surface area contributed by atoms with Crippen LogP contribution in [-0.2, 0) is 17.7 Å². The predicted molar refractivity (Wildman–Crippen MR) is 66.3 cm³/mol. The molecule has 0 spiro atoms. The van der Waals surface area contributed by atoms with Crippen LogP contribution in [0, 0.1) is 0 Å². The minimum Gasteiger partial charge on any atom is -0.465 e. The molecule has 1 saturated heterocycles. The zero-order chi connectivity index (χ0) is 13.4. The summed E-state index contributed by atoms with van der Waals surface area (Å²) in [6, 6.07) is -0.0624. The monoisotopic (exact) mass is 267 g/mol. The van der Waals surface area contributed by atoms with E-state index in [1.807, 2.05) is 6.92 Å². The van der Waals surface area contributed by atoms with Gasteiger partial charge in [-0.25, -0.2) is 4.79 Å². The van der Waals surface area contributed by atoms with E-state index in [-0.39, 0.29) is 6.04 Å². The molecule has 1 unspecified atom stereocenters. The highest BCUT2D eigenvalue weighted by molar-refractivity contribution is 5.66. The number of rotatable bonds is 1. The molecule has 0 bridgehead atoms. The number of amides is 1. The molecule has 1 aromatic rings. The van der Waals surface area contributed by atoms with E-state index in [9.17, 15) is 9.90 Å². The molecule has 1 aromatic heterocycles. The van der Waals surface area contributed by atoms with Crippen LogP contribution in [0.25, 0.3) is 0 Å². The van der Waals surface area contributed by atoms with Crippen molar-refractivity contribution in [1.82, 2.24) is 10.1 Å². The number of hydrogen-bond donors (Lipinski definition) is 1. The van der Waals surface area contributed by atoms with Crippen molar-refractivity contribution in [1.29, 1.82) is 0 Å². The summed E-state index contributed by atoms with van der Waals surface area (Å²) >= 11 is 0. The second kappa shape index (κ2) is 4.73. The van der Waals surface area contributed by atoms with E-state index in [1.165, 1.54) is 4.90 Å².